The zero-order valence-corrected chi connectivity index (χ0v) is 7.69. The van der Waals surface area contributed by atoms with Gasteiger partial charge in [-0.2, -0.15) is 0 Å². The summed E-state index contributed by atoms with van der Waals surface area (Å²) in [5.41, 5.74) is 7.41. The van der Waals surface area contributed by atoms with Crippen LogP contribution in [0, 0.1) is 5.92 Å². The van der Waals surface area contributed by atoms with Crippen LogP contribution < -0.4 is 5.73 Å². The quantitative estimate of drug-likeness (QED) is 0.617. The van der Waals surface area contributed by atoms with Gasteiger partial charge in [0.2, 0.25) is 0 Å². The molecule has 0 spiro atoms. The zero-order chi connectivity index (χ0) is 8.48. The Morgan fingerprint density at radius 1 is 1.64 bits per heavy atom. The molecule has 0 amide bonds. The van der Waals surface area contributed by atoms with Crippen LogP contribution in [-0.4, -0.2) is 5.54 Å². The summed E-state index contributed by atoms with van der Waals surface area (Å²) in [6, 6.07) is 0. The number of rotatable bonds is 4. The molecule has 1 rings (SSSR count). The van der Waals surface area contributed by atoms with Crippen LogP contribution in [0.5, 0.6) is 0 Å². The molecule has 1 heteroatoms. The molecule has 64 valence electrons. The van der Waals surface area contributed by atoms with E-state index < -0.39 is 0 Å². The summed E-state index contributed by atoms with van der Waals surface area (Å²) >= 11 is 0. The maximum atomic E-state index is 6.13. The molecule has 1 saturated carbocycles. The second-order valence-electron chi connectivity index (χ2n) is 3.69. The second kappa shape index (κ2) is 2.98. The van der Waals surface area contributed by atoms with Crippen LogP contribution in [0.1, 0.15) is 39.5 Å². The first-order chi connectivity index (χ1) is 5.15. The van der Waals surface area contributed by atoms with Crippen molar-refractivity contribution in [2.45, 2.75) is 45.1 Å². The topological polar surface area (TPSA) is 26.0 Å². The van der Waals surface area contributed by atoms with Crippen LogP contribution in [0.4, 0.5) is 0 Å². The molecule has 2 atom stereocenters. The number of nitrogens with two attached hydrogens (primary N) is 1. The molecule has 0 aliphatic heterocycles. The molecule has 1 nitrogen and oxygen atoms in total. The van der Waals surface area contributed by atoms with Crippen LogP contribution >= 0.6 is 0 Å². The maximum Gasteiger partial charge on any atom is 0.0398 e. The molecule has 0 bridgehead atoms. The molecule has 2 N–H and O–H groups in total. The van der Waals surface area contributed by atoms with E-state index in [1.807, 2.05) is 0 Å². The van der Waals surface area contributed by atoms with Crippen molar-refractivity contribution in [2.24, 2.45) is 11.7 Å². The predicted octanol–water partition coefficient (Wildman–Crippen LogP) is 2.47. The second-order valence-corrected chi connectivity index (χ2v) is 3.69. The van der Waals surface area contributed by atoms with Crippen LogP contribution in [-0.2, 0) is 0 Å². The lowest BCUT2D eigenvalue weighted by Gasteiger charge is -2.12. The molecule has 0 radical (unpaired) electrons. The van der Waals surface area contributed by atoms with Gasteiger partial charge in [0.1, 0.15) is 0 Å². The van der Waals surface area contributed by atoms with Crippen molar-refractivity contribution >= 4 is 0 Å². The van der Waals surface area contributed by atoms with Gasteiger partial charge >= 0.3 is 0 Å². The zero-order valence-electron chi connectivity index (χ0n) is 7.69. The van der Waals surface area contributed by atoms with E-state index in [-0.39, 0.29) is 5.54 Å². The van der Waals surface area contributed by atoms with Crippen molar-refractivity contribution in [3.63, 3.8) is 0 Å². The highest BCUT2D eigenvalue weighted by atomic mass is 14.9. The number of hydrogen-bond donors (Lipinski definition) is 1. The van der Waals surface area contributed by atoms with E-state index in [9.17, 15) is 0 Å². The third-order valence-electron chi connectivity index (χ3n) is 2.87. The molecule has 0 heterocycles. The fraction of sp³-hybridized carbons (Fsp3) is 0.800. The maximum absolute atomic E-state index is 6.13. The van der Waals surface area contributed by atoms with E-state index in [1.165, 1.54) is 24.8 Å². The summed E-state index contributed by atoms with van der Waals surface area (Å²) in [7, 11) is 0. The first-order valence-corrected chi connectivity index (χ1v) is 4.62. The SMILES string of the molecule is C=C(CC)[C@]1(N)CC1CCC. The summed E-state index contributed by atoms with van der Waals surface area (Å²) < 4.78 is 0. The molecule has 1 aliphatic rings. The fourth-order valence-electron chi connectivity index (χ4n) is 1.82. The lowest BCUT2D eigenvalue weighted by molar-refractivity contribution is 0.605. The Hall–Kier alpha value is -0.300. The average molecular weight is 153 g/mol. The minimum absolute atomic E-state index is 0.0325. The van der Waals surface area contributed by atoms with Crippen molar-refractivity contribution in [1.29, 1.82) is 0 Å². The molecule has 0 aromatic rings. The van der Waals surface area contributed by atoms with Crippen molar-refractivity contribution in [3.8, 4) is 0 Å². The van der Waals surface area contributed by atoms with Gasteiger partial charge in [-0.3, -0.25) is 0 Å². The molecule has 1 aliphatic carbocycles. The third-order valence-corrected chi connectivity index (χ3v) is 2.87. The normalized spacial score (nSPS) is 35.4. The average Bonchev–Trinajstić information content (AvgIpc) is 2.63. The Labute approximate surface area is 69.7 Å². The van der Waals surface area contributed by atoms with Crippen LogP contribution in [0.15, 0.2) is 12.2 Å². The Bertz CT molecular complexity index is 162. The van der Waals surface area contributed by atoms with Gasteiger partial charge in [-0.1, -0.05) is 32.4 Å². The summed E-state index contributed by atoms with van der Waals surface area (Å²) in [6.07, 6.45) is 4.74. The highest BCUT2D eigenvalue weighted by Gasteiger charge is 2.50. The Morgan fingerprint density at radius 2 is 2.27 bits per heavy atom. The molecular formula is C10H19N. The van der Waals surface area contributed by atoms with Crippen molar-refractivity contribution in [2.75, 3.05) is 0 Å². The molecule has 0 aromatic heterocycles. The van der Waals surface area contributed by atoms with Gasteiger partial charge < -0.3 is 5.73 Å². The predicted molar refractivity (Wildman–Crippen MR) is 49.4 cm³/mol. The van der Waals surface area contributed by atoms with E-state index in [1.54, 1.807) is 0 Å². The Kier molecular flexibility index (Phi) is 2.38. The minimum atomic E-state index is 0.0325. The fourth-order valence-corrected chi connectivity index (χ4v) is 1.82. The van der Waals surface area contributed by atoms with Crippen LogP contribution in [0.25, 0.3) is 0 Å². The van der Waals surface area contributed by atoms with E-state index in [2.05, 4.69) is 20.4 Å². The van der Waals surface area contributed by atoms with E-state index in [4.69, 9.17) is 5.73 Å². The first kappa shape index (κ1) is 8.79. The third kappa shape index (κ3) is 1.48. The standard InChI is InChI=1S/C10H19N/c1-4-6-9-7-10(9,11)8(3)5-2/h9H,3-7,11H2,1-2H3/t9?,10-/m1/s1. The molecular weight excluding hydrogens is 134 g/mol. The van der Waals surface area contributed by atoms with Gasteiger partial charge in [0.15, 0.2) is 0 Å². The molecule has 1 fully saturated rings. The van der Waals surface area contributed by atoms with E-state index in [0.717, 1.165) is 12.3 Å². The van der Waals surface area contributed by atoms with Gasteiger partial charge in [0, 0.05) is 5.54 Å². The lowest BCUT2D eigenvalue weighted by atomic mass is 10.0. The largest absolute Gasteiger partial charge is 0.321 e. The number of hydrogen-bond acceptors (Lipinski definition) is 1. The summed E-state index contributed by atoms with van der Waals surface area (Å²) in [4.78, 5) is 0. The van der Waals surface area contributed by atoms with Gasteiger partial charge in [0.05, 0.1) is 0 Å². The van der Waals surface area contributed by atoms with Crippen molar-refractivity contribution < 1.29 is 0 Å². The van der Waals surface area contributed by atoms with Crippen molar-refractivity contribution in [3.05, 3.63) is 12.2 Å². The van der Waals surface area contributed by atoms with Crippen molar-refractivity contribution in [1.82, 2.24) is 0 Å². The highest BCUT2D eigenvalue weighted by Crippen LogP contribution is 2.49. The van der Waals surface area contributed by atoms with Gasteiger partial charge in [-0.15, -0.1) is 0 Å². The van der Waals surface area contributed by atoms with Crippen LogP contribution in [0.3, 0.4) is 0 Å². The smallest absolute Gasteiger partial charge is 0.0398 e. The molecule has 0 saturated heterocycles. The van der Waals surface area contributed by atoms with E-state index in [0.29, 0.717) is 0 Å². The van der Waals surface area contributed by atoms with Gasteiger partial charge in [0.25, 0.3) is 0 Å². The first-order valence-electron chi connectivity index (χ1n) is 4.62. The Morgan fingerprint density at radius 3 is 2.73 bits per heavy atom. The van der Waals surface area contributed by atoms with Crippen LogP contribution in [0.2, 0.25) is 0 Å². The molecule has 1 unspecified atom stereocenters. The summed E-state index contributed by atoms with van der Waals surface area (Å²) in [6.45, 7) is 8.37. The molecule has 11 heavy (non-hydrogen) atoms. The minimum Gasteiger partial charge on any atom is -0.321 e. The summed E-state index contributed by atoms with van der Waals surface area (Å²) in [5.74, 6) is 0.736. The van der Waals surface area contributed by atoms with Gasteiger partial charge in [-0.25, -0.2) is 0 Å². The van der Waals surface area contributed by atoms with E-state index >= 15 is 0 Å². The molecule has 0 aromatic carbocycles. The van der Waals surface area contributed by atoms with Gasteiger partial charge in [-0.05, 0) is 25.2 Å². The lowest BCUT2D eigenvalue weighted by Crippen LogP contribution is -2.26. The highest BCUT2D eigenvalue weighted by molar-refractivity contribution is 5.28. The summed E-state index contributed by atoms with van der Waals surface area (Å²) in [5, 5.41) is 0. The monoisotopic (exact) mass is 153 g/mol. The Balaban J connectivity index is 2.42.